The van der Waals surface area contributed by atoms with Gasteiger partial charge >= 0.3 is 0 Å². The summed E-state index contributed by atoms with van der Waals surface area (Å²) in [7, 11) is 1.64. The van der Waals surface area contributed by atoms with E-state index in [1.807, 2.05) is 18.2 Å². The molecule has 1 aromatic heterocycles. The standard InChI is InChI=1S/C13H15N3O/c1-3-7-15-13-12-9(6-8-16-13)11(17-2)5-4-10(12)14/h3-6,8H,1,7,14H2,2H3,(H,15,16). The van der Waals surface area contributed by atoms with Gasteiger partial charge in [0.15, 0.2) is 0 Å². The molecule has 0 saturated heterocycles. The highest BCUT2D eigenvalue weighted by molar-refractivity contribution is 6.03. The molecule has 0 aliphatic heterocycles. The monoisotopic (exact) mass is 229 g/mol. The van der Waals surface area contributed by atoms with Gasteiger partial charge in [-0.2, -0.15) is 0 Å². The van der Waals surface area contributed by atoms with E-state index in [2.05, 4.69) is 16.9 Å². The molecular weight excluding hydrogens is 214 g/mol. The summed E-state index contributed by atoms with van der Waals surface area (Å²) in [5.41, 5.74) is 6.67. The van der Waals surface area contributed by atoms with Crippen molar-refractivity contribution >= 4 is 22.3 Å². The van der Waals surface area contributed by atoms with Gasteiger partial charge in [-0.15, -0.1) is 6.58 Å². The zero-order chi connectivity index (χ0) is 12.3. The van der Waals surface area contributed by atoms with Gasteiger partial charge in [-0.1, -0.05) is 6.08 Å². The Morgan fingerprint density at radius 3 is 3.00 bits per heavy atom. The van der Waals surface area contributed by atoms with Gasteiger partial charge < -0.3 is 15.8 Å². The molecule has 4 nitrogen and oxygen atoms in total. The quantitative estimate of drug-likeness (QED) is 0.624. The lowest BCUT2D eigenvalue weighted by molar-refractivity contribution is 0.420. The van der Waals surface area contributed by atoms with Crippen molar-refractivity contribution in [3.63, 3.8) is 0 Å². The number of rotatable bonds is 4. The Hall–Kier alpha value is -2.23. The Kier molecular flexibility index (Phi) is 3.14. The van der Waals surface area contributed by atoms with E-state index in [4.69, 9.17) is 10.5 Å². The van der Waals surface area contributed by atoms with E-state index in [0.29, 0.717) is 12.2 Å². The van der Waals surface area contributed by atoms with E-state index in [9.17, 15) is 0 Å². The van der Waals surface area contributed by atoms with Gasteiger partial charge in [-0.05, 0) is 18.2 Å². The Morgan fingerprint density at radius 1 is 1.47 bits per heavy atom. The number of aromatic nitrogens is 1. The number of hydrogen-bond donors (Lipinski definition) is 2. The fourth-order valence-corrected chi connectivity index (χ4v) is 1.78. The second kappa shape index (κ2) is 4.74. The highest BCUT2D eigenvalue weighted by Gasteiger charge is 2.09. The first-order valence-corrected chi connectivity index (χ1v) is 5.34. The van der Waals surface area contributed by atoms with E-state index < -0.39 is 0 Å². The molecule has 0 bridgehead atoms. The van der Waals surface area contributed by atoms with Crippen LogP contribution in [0.3, 0.4) is 0 Å². The summed E-state index contributed by atoms with van der Waals surface area (Å²) < 4.78 is 5.31. The van der Waals surface area contributed by atoms with Gasteiger partial charge in [0.1, 0.15) is 11.6 Å². The highest BCUT2D eigenvalue weighted by atomic mass is 16.5. The molecule has 0 spiro atoms. The molecule has 0 amide bonds. The van der Waals surface area contributed by atoms with Crippen molar-refractivity contribution in [2.24, 2.45) is 0 Å². The molecule has 17 heavy (non-hydrogen) atoms. The van der Waals surface area contributed by atoms with Crippen LogP contribution in [0.15, 0.2) is 37.1 Å². The smallest absolute Gasteiger partial charge is 0.136 e. The number of benzene rings is 1. The van der Waals surface area contributed by atoms with Crippen LogP contribution in [0.1, 0.15) is 0 Å². The zero-order valence-corrected chi connectivity index (χ0v) is 9.73. The first-order valence-electron chi connectivity index (χ1n) is 5.34. The topological polar surface area (TPSA) is 60.2 Å². The first-order chi connectivity index (χ1) is 8.27. The number of nitrogens with one attached hydrogen (secondary N) is 1. The van der Waals surface area contributed by atoms with Gasteiger partial charge in [0.25, 0.3) is 0 Å². The Labute approximate surface area is 100 Å². The van der Waals surface area contributed by atoms with Crippen LogP contribution in [-0.2, 0) is 0 Å². The summed E-state index contributed by atoms with van der Waals surface area (Å²) in [6, 6.07) is 5.57. The van der Waals surface area contributed by atoms with Gasteiger partial charge in [-0.3, -0.25) is 0 Å². The molecule has 0 saturated carbocycles. The molecule has 1 heterocycles. The van der Waals surface area contributed by atoms with Crippen molar-refractivity contribution in [2.45, 2.75) is 0 Å². The van der Waals surface area contributed by atoms with E-state index in [1.165, 1.54) is 0 Å². The number of ether oxygens (including phenoxy) is 1. The third kappa shape index (κ3) is 2.01. The largest absolute Gasteiger partial charge is 0.496 e. The molecular formula is C13H15N3O. The maximum absolute atomic E-state index is 5.99. The third-order valence-corrected chi connectivity index (χ3v) is 2.55. The molecule has 0 aliphatic rings. The maximum Gasteiger partial charge on any atom is 0.136 e. The molecule has 2 rings (SSSR count). The molecule has 0 atom stereocenters. The van der Waals surface area contributed by atoms with E-state index in [1.54, 1.807) is 19.4 Å². The number of pyridine rings is 1. The number of nitrogen functional groups attached to an aromatic ring is 1. The van der Waals surface area contributed by atoms with Crippen molar-refractivity contribution in [1.82, 2.24) is 4.98 Å². The number of methoxy groups -OCH3 is 1. The summed E-state index contributed by atoms with van der Waals surface area (Å²) in [6.07, 6.45) is 3.51. The van der Waals surface area contributed by atoms with Crippen LogP contribution in [0.5, 0.6) is 5.75 Å². The van der Waals surface area contributed by atoms with E-state index in [-0.39, 0.29) is 0 Å². The lowest BCUT2D eigenvalue weighted by Crippen LogP contribution is -2.02. The maximum atomic E-state index is 5.99. The average molecular weight is 229 g/mol. The van der Waals surface area contributed by atoms with Gasteiger partial charge in [0.05, 0.1) is 12.5 Å². The Bertz CT molecular complexity index is 552. The van der Waals surface area contributed by atoms with E-state index >= 15 is 0 Å². The van der Waals surface area contributed by atoms with E-state index in [0.717, 1.165) is 22.3 Å². The zero-order valence-electron chi connectivity index (χ0n) is 9.73. The van der Waals surface area contributed by atoms with Gasteiger partial charge in [0, 0.05) is 23.8 Å². The molecule has 1 aromatic carbocycles. The lowest BCUT2D eigenvalue weighted by atomic mass is 10.1. The molecule has 0 radical (unpaired) electrons. The van der Waals surface area contributed by atoms with Crippen LogP contribution in [0.25, 0.3) is 10.8 Å². The summed E-state index contributed by atoms with van der Waals surface area (Å²) in [6.45, 7) is 4.31. The van der Waals surface area contributed by atoms with Gasteiger partial charge in [-0.25, -0.2) is 4.98 Å². The van der Waals surface area contributed by atoms with Crippen molar-refractivity contribution in [1.29, 1.82) is 0 Å². The fourth-order valence-electron chi connectivity index (χ4n) is 1.78. The van der Waals surface area contributed by atoms with Crippen LogP contribution >= 0.6 is 0 Å². The molecule has 0 fully saturated rings. The lowest BCUT2D eigenvalue weighted by Gasteiger charge is -2.11. The minimum atomic E-state index is 0.642. The van der Waals surface area contributed by atoms with Crippen molar-refractivity contribution in [2.75, 3.05) is 24.7 Å². The molecule has 3 N–H and O–H groups in total. The predicted octanol–water partition coefficient (Wildman–Crippen LogP) is 2.42. The Morgan fingerprint density at radius 2 is 2.29 bits per heavy atom. The average Bonchev–Trinajstić information content (AvgIpc) is 2.36. The van der Waals surface area contributed by atoms with Crippen LogP contribution in [0.2, 0.25) is 0 Å². The van der Waals surface area contributed by atoms with Gasteiger partial charge in [0.2, 0.25) is 0 Å². The van der Waals surface area contributed by atoms with Crippen LogP contribution < -0.4 is 15.8 Å². The second-order valence-electron chi connectivity index (χ2n) is 3.61. The number of nitrogens with zero attached hydrogens (tertiary/aromatic N) is 1. The van der Waals surface area contributed by atoms with Crippen LogP contribution in [0.4, 0.5) is 11.5 Å². The van der Waals surface area contributed by atoms with Crippen molar-refractivity contribution in [3.05, 3.63) is 37.1 Å². The Balaban J connectivity index is 2.65. The minimum Gasteiger partial charge on any atom is -0.496 e. The summed E-state index contributed by atoms with van der Waals surface area (Å²) in [4.78, 5) is 4.29. The molecule has 0 aliphatic carbocycles. The second-order valence-corrected chi connectivity index (χ2v) is 3.61. The number of hydrogen-bond acceptors (Lipinski definition) is 4. The predicted molar refractivity (Wildman–Crippen MR) is 71.4 cm³/mol. The summed E-state index contributed by atoms with van der Waals surface area (Å²) in [5, 5.41) is 5.00. The number of fused-ring (bicyclic) bond motifs is 1. The number of anilines is 2. The molecule has 88 valence electrons. The minimum absolute atomic E-state index is 0.642. The first kappa shape index (κ1) is 11.3. The molecule has 0 unspecified atom stereocenters. The molecule has 2 aromatic rings. The number of nitrogens with two attached hydrogens (primary N) is 1. The van der Waals surface area contributed by atoms with Crippen LogP contribution in [0, 0.1) is 0 Å². The third-order valence-electron chi connectivity index (χ3n) is 2.55. The normalized spacial score (nSPS) is 10.2. The SMILES string of the molecule is C=CCNc1nccc2c(OC)ccc(N)c12. The van der Waals surface area contributed by atoms with Crippen LogP contribution in [-0.4, -0.2) is 18.6 Å². The summed E-state index contributed by atoms with van der Waals surface area (Å²) >= 11 is 0. The van der Waals surface area contributed by atoms with Crippen molar-refractivity contribution < 1.29 is 4.74 Å². The van der Waals surface area contributed by atoms with Crippen molar-refractivity contribution in [3.8, 4) is 5.75 Å². The molecule has 4 heteroatoms. The highest BCUT2D eigenvalue weighted by Crippen LogP contribution is 2.33. The summed E-state index contributed by atoms with van der Waals surface area (Å²) in [5.74, 6) is 1.54. The fraction of sp³-hybridized carbons (Fsp3) is 0.154.